The van der Waals surface area contributed by atoms with E-state index in [-0.39, 0.29) is 12.1 Å². The third-order valence-corrected chi connectivity index (χ3v) is 5.32. The number of nitrogens with one attached hydrogen (secondary N) is 1. The van der Waals surface area contributed by atoms with Gasteiger partial charge in [-0.05, 0) is 62.7 Å². The Balaban J connectivity index is 1.77. The van der Waals surface area contributed by atoms with Gasteiger partial charge in [0, 0.05) is 37.4 Å². The van der Waals surface area contributed by atoms with E-state index in [1.807, 2.05) is 42.7 Å². The predicted octanol–water partition coefficient (Wildman–Crippen LogP) is 2.80. The van der Waals surface area contributed by atoms with Gasteiger partial charge in [0.2, 0.25) is 0 Å². The fourth-order valence-electron chi connectivity index (χ4n) is 3.62. The highest BCUT2D eigenvalue weighted by atomic mass is 32.1. The third-order valence-electron chi connectivity index (χ3n) is 4.97. The fourth-order valence-corrected chi connectivity index (χ4v) is 3.95. The Hall–Kier alpha value is -2.77. The second kappa shape index (κ2) is 8.08. The molecule has 0 aliphatic carbocycles. The average Bonchev–Trinajstić information content (AvgIpc) is 3.32. The van der Waals surface area contributed by atoms with E-state index in [2.05, 4.69) is 68.1 Å². The molecule has 3 aromatic heterocycles. The number of hydrogen-bond donors (Lipinski definition) is 1. The molecule has 4 heterocycles. The minimum absolute atomic E-state index is 0.0202. The Kier molecular flexibility index (Phi) is 5.36. The standard InChI is InChI=1S/C21H24N6S/c1-25(2)14-15-27-20(19(24-21(27)28)16-8-3-5-11-22-16)17-9-7-13-26(17)18-10-4-6-12-23-18/h3-13,19-20H,14-15H2,1-2H3,(H,24,28)/t19-,20+/m1/s1. The number of pyridine rings is 2. The first-order chi connectivity index (χ1) is 13.6. The molecule has 0 radical (unpaired) electrons. The van der Waals surface area contributed by atoms with Crippen molar-refractivity contribution in [3.8, 4) is 5.82 Å². The van der Waals surface area contributed by atoms with Gasteiger partial charge in [-0.15, -0.1) is 0 Å². The summed E-state index contributed by atoms with van der Waals surface area (Å²) in [5, 5.41) is 4.26. The summed E-state index contributed by atoms with van der Waals surface area (Å²) in [5.41, 5.74) is 2.12. The van der Waals surface area contributed by atoms with Gasteiger partial charge in [-0.2, -0.15) is 0 Å². The van der Waals surface area contributed by atoms with E-state index < -0.39 is 0 Å². The lowest BCUT2D eigenvalue weighted by Gasteiger charge is -2.29. The molecule has 1 saturated heterocycles. The lowest BCUT2D eigenvalue weighted by Crippen LogP contribution is -2.36. The molecule has 6 nitrogen and oxygen atoms in total. The van der Waals surface area contributed by atoms with Gasteiger partial charge in [0.05, 0.1) is 17.8 Å². The second-order valence-corrected chi connectivity index (χ2v) is 7.50. The zero-order chi connectivity index (χ0) is 19.5. The van der Waals surface area contributed by atoms with Crippen molar-refractivity contribution >= 4 is 17.3 Å². The molecule has 144 valence electrons. The van der Waals surface area contributed by atoms with Gasteiger partial charge in [0.25, 0.3) is 0 Å². The van der Waals surface area contributed by atoms with Crippen LogP contribution in [0.4, 0.5) is 0 Å². The molecule has 7 heteroatoms. The van der Waals surface area contributed by atoms with Crippen molar-refractivity contribution in [2.24, 2.45) is 0 Å². The number of likely N-dealkylation sites (N-methyl/N-ethyl adjacent to an activating group) is 1. The van der Waals surface area contributed by atoms with Crippen LogP contribution in [0.25, 0.3) is 5.82 Å². The second-order valence-electron chi connectivity index (χ2n) is 7.11. The summed E-state index contributed by atoms with van der Waals surface area (Å²) in [4.78, 5) is 13.6. The summed E-state index contributed by atoms with van der Waals surface area (Å²) in [5.74, 6) is 0.896. The smallest absolute Gasteiger partial charge is 0.170 e. The summed E-state index contributed by atoms with van der Waals surface area (Å²) >= 11 is 5.72. The molecule has 0 saturated carbocycles. The summed E-state index contributed by atoms with van der Waals surface area (Å²) in [6, 6.07) is 16.2. The van der Waals surface area contributed by atoms with Crippen LogP contribution >= 0.6 is 12.2 Å². The molecule has 0 bridgehead atoms. The van der Waals surface area contributed by atoms with E-state index in [1.54, 1.807) is 0 Å². The molecule has 28 heavy (non-hydrogen) atoms. The van der Waals surface area contributed by atoms with Crippen LogP contribution in [0, 0.1) is 0 Å². The van der Waals surface area contributed by atoms with Crippen molar-refractivity contribution in [1.82, 2.24) is 29.7 Å². The number of aromatic nitrogens is 3. The van der Waals surface area contributed by atoms with Gasteiger partial charge >= 0.3 is 0 Å². The van der Waals surface area contributed by atoms with Crippen LogP contribution in [-0.2, 0) is 0 Å². The molecule has 3 aromatic rings. The molecule has 1 aliphatic rings. The Morgan fingerprint density at radius 3 is 2.50 bits per heavy atom. The molecule has 4 rings (SSSR count). The Bertz CT molecular complexity index is 924. The minimum Gasteiger partial charge on any atom is -0.352 e. The van der Waals surface area contributed by atoms with E-state index in [0.717, 1.165) is 35.4 Å². The van der Waals surface area contributed by atoms with Gasteiger partial charge in [0.15, 0.2) is 5.11 Å². The van der Waals surface area contributed by atoms with Crippen LogP contribution in [0.1, 0.15) is 23.5 Å². The summed E-state index contributed by atoms with van der Waals surface area (Å²) in [6.45, 7) is 1.75. The first kappa shape index (κ1) is 18.6. The normalized spacial score (nSPS) is 19.2. The zero-order valence-corrected chi connectivity index (χ0v) is 16.9. The van der Waals surface area contributed by atoms with Gasteiger partial charge in [0.1, 0.15) is 5.82 Å². The molecule has 0 spiro atoms. The molecule has 2 atom stereocenters. The summed E-state index contributed by atoms with van der Waals surface area (Å²) in [7, 11) is 4.16. The maximum absolute atomic E-state index is 5.72. The lowest BCUT2D eigenvalue weighted by atomic mass is 10.0. The van der Waals surface area contributed by atoms with E-state index >= 15 is 0 Å². The number of nitrogens with zero attached hydrogens (tertiary/aromatic N) is 5. The quantitative estimate of drug-likeness (QED) is 0.651. The number of thiocarbonyl (C=S) groups is 1. The Labute approximate surface area is 170 Å². The minimum atomic E-state index is -0.0202. The molecule has 0 amide bonds. The van der Waals surface area contributed by atoms with E-state index in [9.17, 15) is 0 Å². The molecule has 1 N–H and O–H groups in total. The maximum Gasteiger partial charge on any atom is 0.170 e. The molecule has 1 aliphatic heterocycles. The van der Waals surface area contributed by atoms with Crippen molar-refractivity contribution in [2.45, 2.75) is 12.1 Å². The monoisotopic (exact) mass is 392 g/mol. The largest absolute Gasteiger partial charge is 0.352 e. The van der Waals surface area contributed by atoms with Crippen LogP contribution in [-0.4, -0.2) is 56.6 Å². The number of rotatable bonds is 6. The molecule has 0 unspecified atom stereocenters. The SMILES string of the molecule is CN(C)CCN1C(=S)N[C@H](c2ccccn2)[C@@H]1c1cccn1-c1ccccn1. The molecule has 1 fully saturated rings. The van der Waals surface area contributed by atoms with Crippen molar-refractivity contribution in [3.63, 3.8) is 0 Å². The van der Waals surface area contributed by atoms with E-state index in [1.165, 1.54) is 0 Å². The molecule has 0 aromatic carbocycles. The third kappa shape index (κ3) is 3.63. The van der Waals surface area contributed by atoms with Crippen LogP contribution in [0.15, 0.2) is 67.1 Å². The van der Waals surface area contributed by atoms with Gasteiger partial charge in [-0.3, -0.25) is 4.98 Å². The van der Waals surface area contributed by atoms with Gasteiger partial charge < -0.3 is 19.7 Å². The van der Waals surface area contributed by atoms with E-state index in [4.69, 9.17) is 12.2 Å². The number of hydrogen-bond acceptors (Lipinski definition) is 4. The maximum atomic E-state index is 5.72. The Morgan fingerprint density at radius 1 is 1.04 bits per heavy atom. The van der Waals surface area contributed by atoms with Crippen LogP contribution in [0.2, 0.25) is 0 Å². The van der Waals surface area contributed by atoms with Crippen molar-refractivity contribution in [2.75, 3.05) is 27.2 Å². The lowest BCUT2D eigenvalue weighted by molar-refractivity contribution is 0.272. The topological polar surface area (TPSA) is 49.2 Å². The first-order valence-corrected chi connectivity index (χ1v) is 9.77. The van der Waals surface area contributed by atoms with Crippen LogP contribution in [0.5, 0.6) is 0 Å². The van der Waals surface area contributed by atoms with Crippen molar-refractivity contribution < 1.29 is 0 Å². The first-order valence-electron chi connectivity index (χ1n) is 9.36. The highest BCUT2D eigenvalue weighted by Crippen LogP contribution is 2.39. The van der Waals surface area contributed by atoms with E-state index in [0.29, 0.717) is 0 Å². The van der Waals surface area contributed by atoms with Crippen molar-refractivity contribution in [1.29, 1.82) is 0 Å². The Morgan fingerprint density at radius 2 is 1.82 bits per heavy atom. The van der Waals surface area contributed by atoms with Gasteiger partial charge in [-0.25, -0.2) is 4.98 Å². The highest BCUT2D eigenvalue weighted by Gasteiger charge is 2.41. The van der Waals surface area contributed by atoms with Crippen LogP contribution in [0.3, 0.4) is 0 Å². The predicted molar refractivity (Wildman–Crippen MR) is 114 cm³/mol. The van der Waals surface area contributed by atoms with Crippen molar-refractivity contribution in [3.05, 3.63) is 78.5 Å². The van der Waals surface area contributed by atoms with Gasteiger partial charge in [-0.1, -0.05) is 12.1 Å². The molecular formula is C21H24N6S. The van der Waals surface area contributed by atoms with Crippen LogP contribution < -0.4 is 5.32 Å². The highest BCUT2D eigenvalue weighted by molar-refractivity contribution is 7.80. The average molecular weight is 393 g/mol. The zero-order valence-electron chi connectivity index (χ0n) is 16.1. The summed E-state index contributed by atoms with van der Waals surface area (Å²) < 4.78 is 2.14. The summed E-state index contributed by atoms with van der Waals surface area (Å²) in [6.07, 6.45) is 5.70. The molecular weight excluding hydrogens is 368 g/mol. The fraction of sp³-hybridized carbons (Fsp3) is 0.286.